The van der Waals surface area contributed by atoms with Gasteiger partial charge in [-0.05, 0) is 30.7 Å². The predicted octanol–water partition coefficient (Wildman–Crippen LogP) is 3.19. The topological polar surface area (TPSA) is 24.1 Å². The number of rotatable bonds is 7. The van der Waals surface area contributed by atoms with Crippen LogP contribution in [0.1, 0.15) is 18.9 Å². The minimum Gasteiger partial charge on any atom is -0.315 e. The number of benzene rings is 1. The van der Waals surface area contributed by atoms with Crippen molar-refractivity contribution in [3.8, 4) is 0 Å². The second kappa shape index (κ2) is 8.07. The van der Waals surface area contributed by atoms with Crippen LogP contribution in [0.2, 0.25) is 5.02 Å². The van der Waals surface area contributed by atoms with Crippen LogP contribution >= 0.6 is 27.5 Å². The van der Waals surface area contributed by atoms with Crippen LogP contribution < -0.4 is 10.6 Å². The quantitative estimate of drug-likeness (QED) is 0.756. The van der Waals surface area contributed by atoms with E-state index >= 15 is 0 Å². The molecule has 2 nitrogen and oxygen atoms in total. The Balaban J connectivity index is 2.21. The van der Waals surface area contributed by atoms with Gasteiger partial charge < -0.3 is 10.6 Å². The van der Waals surface area contributed by atoms with Gasteiger partial charge in [-0.15, -0.1) is 0 Å². The lowest BCUT2D eigenvalue weighted by Gasteiger charge is -2.07. The first-order valence-corrected chi connectivity index (χ1v) is 6.76. The van der Waals surface area contributed by atoms with E-state index < -0.39 is 0 Å². The zero-order valence-corrected chi connectivity index (χ0v) is 11.9. The minimum absolute atomic E-state index is 0.764. The van der Waals surface area contributed by atoms with Gasteiger partial charge in [0, 0.05) is 29.1 Å². The SMILES string of the molecule is CCCNCCNCc1ccc(Cl)cc1Br. The first-order chi connectivity index (χ1) is 7.74. The monoisotopic (exact) mass is 304 g/mol. The van der Waals surface area contributed by atoms with Crippen molar-refractivity contribution in [1.82, 2.24) is 10.6 Å². The van der Waals surface area contributed by atoms with Crippen LogP contribution in [0.4, 0.5) is 0 Å². The van der Waals surface area contributed by atoms with Crippen molar-refractivity contribution in [3.63, 3.8) is 0 Å². The molecule has 1 aromatic carbocycles. The number of hydrogen-bond acceptors (Lipinski definition) is 2. The van der Waals surface area contributed by atoms with E-state index in [1.807, 2.05) is 18.2 Å². The zero-order chi connectivity index (χ0) is 11.8. The highest BCUT2D eigenvalue weighted by atomic mass is 79.9. The Morgan fingerprint density at radius 3 is 2.62 bits per heavy atom. The number of halogens is 2. The van der Waals surface area contributed by atoms with Gasteiger partial charge in [-0.3, -0.25) is 0 Å². The third kappa shape index (κ3) is 5.30. The van der Waals surface area contributed by atoms with Gasteiger partial charge in [-0.1, -0.05) is 40.5 Å². The summed E-state index contributed by atoms with van der Waals surface area (Å²) in [6, 6.07) is 5.88. The minimum atomic E-state index is 0.764. The third-order valence-electron chi connectivity index (χ3n) is 2.24. The maximum absolute atomic E-state index is 5.88. The molecule has 1 aromatic rings. The molecule has 0 saturated heterocycles. The van der Waals surface area contributed by atoms with E-state index in [9.17, 15) is 0 Å². The number of hydrogen-bond donors (Lipinski definition) is 2. The Morgan fingerprint density at radius 1 is 1.19 bits per heavy atom. The van der Waals surface area contributed by atoms with Crippen molar-refractivity contribution >= 4 is 27.5 Å². The summed E-state index contributed by atoms with van der Waals surface area (Å²) in [6.45, 7) is 6.12. The molecule has 0 heterocycles. The van der Waals surface area contributed by atoms with Crippen molar-refractivity contribution in [2.45, 2.75) is 19.9 Å². The maximum Gasteiger partial charge on any atom is 0.0417 e. The van der Waals surface area contributed by atoms with Crippen LogP contribution in [0.15, 0.2) is 22.7 Å². The third-order valence-corrected chi connectivity index (χ3v) is 3.21. The van der Waals surface area contributed by atoms with Gasteiger partial charge in [0.2, 0.25) is 0 Å². The van der Waals surface area contributed by atoms with Gasteiger partial charge in [0.15, 0.2) is 0 Å². The Kier molecular flexibility index (Phi) is 7.05. The van der Waals surface area contributed by atoms with E-state index in [4.69, 9.17) is 11.6 Å². The molecule has 0 bridgehead atoms. The lowest BCUT2D eigenvalue weighted by Crippen LogP contribution is -2.27. The Bertz CT molecular complexity index is 318. The van der Waals surface area contributed by atoms with Crippen molar-refractivity contribution < 1.29 is 0 Å². The molecule has 0 unspecified atom stereocenters. The van der Waals surface area contributed by atoms with Crippen LogP contribution in [0, 0.1) is 0 Å². The summed E-state index contributed by atoms with van der Waals surface area (Å²) in [4.78, 5) is 0. The fourth-order valence-electron chi connectivity index (χ4n) is 1.37. The highest BCUT2D eigenvalue weighted by molar-refractivity contribution is 9.10. The van der Waals surface area contributed by atoms with Crippen molar-refractivity contribution in [3.05, 3.63) is 33.3 Å². The van der Waals surface area contributed by atoms with Crippen LogP contribution in [0.3, 0.4) is 0 Å². The van der Waals surface area contributed by atoms with Gasteiger partial charge in [-0.2, -0.15) is 0 Å². The lowest BCUT2D eigenvalue weighted by atomic mass is 10.2. The van der Waals surface area contributed by atoms with E-state index in [1.54, 1.807) is 0 Å². The maximum atomic E-state index is 5.88. The molecule has 0 aliphatic heterocycles. The molecule has 0 radical (unpaired) electrons. The first-order valence-electron chi connectivity index (χ1n) is 5.59. The molecule has 0 aliphatic carbocycles. The molecule has 0 saturated carbocycles. The average Bonchev–Trinajstić information content (AvgIpc) is 2.26. The van der Waals surface area contributed by atoms with Crippen LogP contribution in [0.25, 0.3) is 0 Å². The van der Waals surface area contributed by atoms with E-state index in [2.05, 4.69) is 33.5 Å². The standard InChI is InChI=1S/C12H18BrClN2/c1-2-5-15-6-7-16-9-10-3-4-11(14)8-12(10)13/h3-4,8,15-16H,2,5-7,9H2,1H3. The highest BCUT2D eigenvalue weighted by Crippen LogP contribution is 2.21. The molecule has 1 rings (SSSR count). The molecule has 0 aliphatic rings. The molecule has 2 N–H and O–H groups in total. The summed E-state index contributed by atoms with van der Waals surface area (Å²) in [5.74, 6) is 0. The summed E-state index contributed by atoms with van der Waals surface area (Å²) < 4.78 is 1.06. The summed E-state index contributed by atoms with van der Waals surface area (Å²) >= 11 is 9.38. The van der Waals surface area contributed by atoms with Crippen LogP contribution in [-0.2, 0) is 6.54 Å². The van der Waals surface area contributed by atoms with Crippen LogP contribution in [-0.4, -0.2) is 19.6 Å². The fourth-order valence-corrected chi connectivity index (χ4v) is 2.19. The fraction of sp³-hybridized carbons (Fsp3) is 0.500. The van der Waals surface area contributed by atoms with Gasteiger partial charge in [-0.25, -0.2) is 0 Å². The summed E-state index contributed by atoms with van der Waals surface area (Å²) in [5.41, 5.74) is 1.24. The molecule has 0 spiro atoms. The Hall–Kier alpha value is -0.0900. The van der Waals surface area contributed by atoms with Crippen molar-refractivity contribution in [2.75, 3.05) is 19.6 Å². The molecule has 90 valence electrons. The Labute approximate surface area is 111 Å². The second-order valence-electron chi connectivity index (χ2n) is 3.66. The van der Waals surface area contributed by atoms with E-state index in [0.29, 0.717) is 0 Å². The second-order valence-corrected chi connectivity index (χ2v) is 4.95. The summed E-state index contributed by atoms with van der Waals surface area (Å²) in [7, 11) is 0. The predicted molar refractivity (Wildman–Crippen MR) is 74.0 cm³/mol. The molecule has 0 atom stereocenters. The lowest BCUT2D eigenvalue weighted by molar-refractivity contribution is 0.606. The Morgan fingerprint density at radius 2 is 1.94 bits per heavy atom. The van der Waals surface area contributed by atoms with Crippen molar-refractivity contribution in [2.24, 2.45) is 0 Å². The molecule has 0 amide bonds. The molecule has 0 aromatic heterocycles. The smallest absolute Gasteiger partial charge is 0.0417 e. The van der Waals surface area contributed by atoms with Gasteiger partial charge in [0.1, 0.15) is 0 Å². The molecule has 4 heteroatoms. The number of nitrogens with one attached hydrogen (secondary N) is 2. The van der Waals surface area contributed by atoms with E-state index in [0.717, 1.165) is 35.7 Å². The molecular weight excluding hydrogens is 288 g/mol. The normalized spacial score (nSPS) is 10.7. The van der Waals surface area contributed by atoms with Crippen molar-refractivity contribution in [1.29, 1.82) is 0 Å². The molecular formula is C12H18BrClN2. The summed E-state index contributed by atoms with van der Waals surface area (Å²) in [5, 5.41) is 7.50. The molecule has 16 heavy (non-hydrogen) atoms. The van der Waals surface area contributed by atoms with Gasteiger partial charge in [0.05, 0.1) is 0 Å². The summed E-state index contributed by atoms with van der Waals surface area (Å²) in [6.07, 6.45) is 1.18. The van der Waals surface area contributed by atoms with Gasteiger partial charge in [0.25, 0.3) is 0 Å². The average molecular weight is 306 g/mol. The first kappa shape index (κ1) is 14.0. The largest absolute Gasteiger partial charge is 0.315 e. The van der Waals surface area contributed by atoms with E-state index in [1.165, 1.54) is 12.0 Å². The van der Waals surface area contributed by atoms with Crippen LogP contribution in [0.5, 0.6) is 0 Å². The van der Waals surface area contributed by atoms with E-state index in [-0.39, 0.29) is 0 Å². The van der Waals surface area contributed by atoms with Gasteiger partial charge >= 0.3 is 0 Å². The zero-order valence-electron chi connectivity index (χ0n) is 9.52. The molecule has 0 fully saturated rings. The highest BCUT2D eigenvalue weighted by Gasteiger charge is 1.99.